The Bertz CT molecular complexity index is 1030. The lowest BCUT2D eigenvalue weighted by Crippen LogP contribution is -2.38. The third-order valence-electron chi connectivity index (χ3n) is 6.01. The molecule has 1 amide bonds. The van der Waals surface area contributed by atoms with Crippen LogP contribution in [0.4, 0.5) is 0 Å². The summed E-state index contributed by atoms with van der Waals surface area (Å²) in [6, 6.07) is 8.08. The first-order chi connectivity index (χ1) is 13.8. The number of nitrogens with zero attached hydrogens (tertiary/aromatic N) is 3. The Hall–Kier alpha value is -2.76. The van der Waals surface area contributed by atoms with Gasteiger partial charge in [-0.1, -0.05) is 20.8 Å². The molecule has 1 saturated heterocycles. The third kappa shape index (κ3) is 3.63. The fourth-order valence-corrected chi connectivity index (χ4v) is 4.18. The molecule has 0 radical (unpaired) electrons. The van der Waals surface area contributed by atoms with E-state index < -0.39 is 0 Å². The second-order valence-electron chi connectivity index (χ2n) is 9.01. The van der Waals surface area contributed by atoms with Gasteiger partial charge in [-0.15, -0.1) is 0 Å². The lowest BCUT2D eigenvalue weighted by atomic mass is 9.89. The van der Waals surface area contributed by atoms with Crippen LogP contribution in [0.5, 0.6) is 5.75 Å². The maximum absolute atomic E-state index is 13.1. The van der Waals surface area contributed by atoms with Crippen molar-refractivity contribution < 1.29 is 9.53 Å². The fraction of sp³-hybridized carbons (Fsp3) is 0.478. The molecular formula is C23H30N4O2. The number of aryl methyl sites for hydroxylation is 1. The summed E-state index contributed by atoms with van der Waals surface area (Å²) >= 11 is 0. The van der Waals surface area contributed by atoms with Crippen molar-refractivity contribution in [2.45, 2.75) is 44.9 Å². The number of likely N-dealkylation sites (tertiary alicyclic amines) is 1. The van der Waals surface area contributed by atoms with E-state index in [1.807, 2.05) is 24.1 Å². The highest BCUT2D eigenvalue weighted by Crippen LogP contribution is 2.35. The summed E-state index contributed by atoms with van der Waals surface area (Å²) in [5.74, 6) is 1.39. The Kier molecular flexibility index (Phi) is 4.89. The number of benzene rings is 1. The smallest absolute Gasteiger partial charge is 0.272 e. The number of carbonyl (C=O) groups excluding carboxylic acids is 1. The number of rotatable bonds is 3. The summed E-state index contributed by atoms with van der Waals surface area (Å²) < 4.78 is 7.12. The first kappa shape index (κ1) is 19.6. The number of fused-ring (bicyclic) bond motifs is 1. The van der Waals surface area contributed by atoms with Gasteiger partial charge in [-0.2, -0.15) is 5.10 Å². The number of amides is 1. The molecule has 3 aromatic rings. The van der Waals surface area contributed by atoms with E-state index in [4.69, 9.17) is 4.74 Å². The molecule has 4 rings (SSSR count). The van der Waals surface area contributed by atoms with Crippen LogP contribution < -0.4 is 4.74 Å². The van der Waals surface area contributed by atoms with Crippen LogP contribution in [0.15, 0.2) is 30.5 Å². The number of H-pyrrole nitrogens is 1. The second-order valence-corrected chi connectivity index (χ2v) is 9.01. The van der Waals surface area contributed by atoms with Crippen LogP contribution in [0.1, 0.15) is 61.3 Å². The first-order valence-corrected chi connectivity index (χ1v) is 10.3. The van der Waals surface area contributed by atoms with E-state index in [1.165, 1.54) is 10.9 Å². The summed E-state index contributed by atoms with van der Waals surface area (Å²) in [7, 11) is 3.55. The van der Waals surface area contributed by atoms with Crippen LogP contribution in [0.25, 0.3) is 10.9 Å². The lowest BCUT2D eigenvalue weighted by Gasteiger charge is -2.32. The standard InChI is InChI=1S/C23H30N4O2/c1-23(2,3)21-13-20(26(4)25-21)22(28)27-10-8-15(9-11-27)18-14-24-19-7-6-16(29-5)12-17(18)19/h6-7,12-15,24H,8-11H2,1-5H3. The Morgan fingerprint density at radius 3 is 2.55 bits per heavy atom. The highest BCUT2D eigenvalue weighted by atomic mass is 16.5. The molecule has 154 valence electrons. The van der Waals surface area contributed by atoms with Crippen LogP contribution >= 0.6 is 0 Å². The van der Waals surface area contributed by atoms with Gasteiger partial charge < -0.3 is 14.6 Å². The van der Waals surface area contributed by atoms with E-state index in [9.17, 15) is 4.79 Å². The van der Waals surface area contributed by atoms with Crippen LogP contribution in [0, 0.1) is 0 Å². The molecule has 0 saturated carbocycles. The molecule has 1 aliphatic rings. The van der Waals surface area contributed by atoms with E-state index in [-0.39, 0.29) is 11.3 Å². The minimum Gasteiger partial charge on any atom is -0.497 e. The SMILES string of the molecule is COc1ccc2[nH]cc(C3CCN(C(=O)c4cc(C(C)(C)C)nn4C)CC3)c2c1. The number of carbonyl (C=O) groups is 1. The molecule has 0 atom stereocenters. The number of nitrogens with one attached hydrogen (secondary N) is 1. The molecule has 0 unspecified atom stereocenters. The molecule has 1 aliphatic heterocycles. The van der Waals surface area contributed by atoms with Gasteiger partial charge >= 0.3 is 0 Å². The first-order valence-electron chi connectivity index (χ1n) is 10.3. The number of hydrogen-bond acceptors (Lipinski definition) is 3. The van der Waals surface area contributed by atoms with Crippen LogP contribution in [0.3, 0.4) is 0 Å². The number of aromatic amines is 1. The van der Waals surface area contributed by atoms with E-state index >= 15 is 0 Å². The summed E-state index contributed by atoms with van der Waals surface area (Å²) in [5.41, 5.74) is 4.00. The van der Waals surface area contributed by atoms with E-state index in [2.05, 4.69) is 49.2 Å². The van der Waals surface area contributed by atoms with Crippen molar-refractivity contribution in [1.29, 1.82) is 0 Å². The zero-order chi connectivity index (χ0) is 20.8. The zero-order valence-electron chi connectivity index (χ0n) is 18.0. The van der Waals surface area contributed by atoms with Gasteiger partial charge in [-0.05, 0) is 48.6 Å². The Morgan fingerprint density at radius 1 is 1.21 bits per heavy atom. The molecule has 1 N–H and O–H groups in total. The van der Waals surface area contributed by atoms with Gasteiger partial charge in [0.15, 0.2) is 0 Å². The highest BCUT2D eigenvalue weighted by molar-refractivity contribution is 5.93. The van der Waals surface area contributed by atoms with Crippen molar-refractivity contribution in [2.24, 2.45) is 7.05 Å². The molecule has 0 spiro atoms. The normalized spacial score (nSPS) is 15.8. The largest absolute Gasteiger partial charge is 0.497 e. The highest BCUT2D eigenvalue weighted by Gasteiger charge is 2.29. The molecule has 1 aromatic carbocycles. The fourth-order valence-electron chi connectivity index (χ4n) is 4.18. The predicted octanol–water partition coefficient (Wildman–Crippen LogP) is 4.23. The van der Waals surface area contributed by atoms with Crippen molar-refractivity contribution in [3.05, 3.63) is 47.4 Å². The zero-order valence-corrected chi connectivity index (χ0v) is 18.0. The molecule has 0 aliphatic carbocycles. The van der Waals surface area contributed by atoms with Crippen molar-refractivity contribution in [2.75, 3.05) is 20.2 Å². The summed E-state index contributed by atoms with van der Waals surface area (Å²) in [4.78, 5) is 18.4. The number of methoxy groups -OCH3 is 1. The minimum atomic E-state index is -0.0698. The third-order valence-corrected chi connectivity index (χ3v) is 6.01. The molecule has 6 heteroatoms. The Morgan fingerprint density at radius 2 is 1.93 bits per heavy atom. The Labute approximate surface area is 171 Å². The molecule has 3 heterocycles. The van der Waals surface area contributed by atoms with Crippen molar-refractivity contribution in [3.8, 4) is 5.75 Å². The van der Waals surface area contributed by atoms with Gasteiger partial charge in [-0.3, -0.25) is 9.48 Å². The number of ether oxygens (including phenoxy) is 1. The second kappa shape index (κ2) is 7.25. The minimum absolute atomic E-state index is 0.0698. The van der Waals surface area contributed by atoms with Gasteiger partial charge in [0.1, 0.15) is 11.4 Å². The van der Waals surface area contributed by atoms with Gasteiger partial charge in [0.05, 0.1) is 12.8 Å². The van der Waals surface area contributed by atoms with Crippen molar-refractivity contribution in [1.82, 2.24) is 19.7 Å². The van der Waals surface area contributed by atoms with Crippen LogP contribution in [-0.2, 0) is 12.5 Å². The van der Waals surface area contributed by atoms with Gasteiger partial charge in [0, 0.05) is 42.7 Å². The topological polar surface area (TPSA) is 63.1 Å². The van der Waals surface area contributed by atoms with Crippen molar-refractivity contribution in [3.63, 3.8) is 0 Å². The van der Waals surface area contributed by atoms with Crippen LogP contribution in [-0.4, -0.2) is 45.8 Å². The average Bonchev–Trinajstić information content (AvgIpc) is 3.30. The van der Waals surface area contributed by atoms with Crippen molar-refractivity contribution >= 4 is 16.8 Å². The maximum atomic E-state index is 13.1. The molecule has 0 bridgehead atoms. The Balaban J connectivity index is 1.49. The number of aromatic nitrogens is 3. The molecule has 6 nitrogen and oxygen atoms in total. The van der Waals surface area contributed by atoms with Crippen LogP contribution in [0.2, 0.25) is 0 Å². The van der Waals surface area contributed by atoms with Gasteiger partial charge in [-0.25, -0.2) is 0 Å². The molecule has 29 heavy (non-hydrogen) atoms. The van der Waals surface area contributed by atoms with E-state index in [0.29, 0.717) is 11.6 Å². The molecule has 2 aromatic heterocycles. The van der Waals surface area contributed by atoms with Gasteiger partial charge in [0.25, 0.3) is 5.91 Å². The monoisotopic (exact) mass is 394 g/mol. The lowest BCUT2D eigenvalue weighted by molar-refractivity contribution is 0.0702. The summed E-state index contributed by atoms with van der Waals surface area (Å²) in [6.07, 6.45) is 4.03. The molecular weight excluding hydrogens is 364 g/mol. The summed E-state index contributed by atoms with van der Waals surface area (Å²) in [6.45, 7) is 7.87. The summed E-state index contributed by atoms with van der Waals surface area (Å²) in [5, 5.41) is 5.78. The molecule has 1 fully saturated rings. The van der Waals surface area contributed by atoms with E-state index in [0.717, 1.165) is 42.9 Å². The number of piperidine rings is 1. The predicted molar refractivity (Wildman–Crippen MR) is 115 cm³/mol. The average molecular weight is 395 g/mol. The van der Waals surface area contributed by atoms with Gasteiger partial charge in [0.2, 0.25) is 0 Å². The number of hydrogen-bond donors (Lipinski definition) is 1. The van der Waals surface area contributed by atoms with E-state index in [1.54, 1.807) is 11.8 Å². The maximum Gasteiger partial charge on any atom is 0.272 e. The quantitative estimate of drug-likeness (QED) is 0.723.